The SMILES string of the molecule is CC(C)N1CCC(CNc2ccc(N)cc2C#N)C1. The van der Waals surface area contributed by atoms with Crippen LogP contribution in [0.3, 0.4) is 0 Å². The second-order valence-electron chi connectivity index (χ2n) is 5.54. The summed E-state index contributed by atoms with van der Waals surface area (Å²) in [6.45, 7) is 7.72. The van der Waals surface area contributed by atoms with E-state index in [1.165, 1.54) is 13.0 Å². The van der Waals surface area contributed by atoms with Crippen molar-refractivity contribution < 1.29 is 0 Å². The molecule has 0 bridgehead atoms. The number of rotatable bonds is 4. The van der Waals surface area contributed by atoms with Gasteiger partial charge in [-0.05, 0) is 50.9 Å². The van der Waals surface area contributed by atoms with Gasteiger partial charge in [-0.15, -0.1) is 0 Å². The molecule has 4 heteroatoms. The zero-order chi connectivity index (χ0) is 13.8. The summed E-state index contributed by atoms with van der Waals surface area (Å²) in [5.41, 5.74) is 7.83. The highest BCUT2D eigenvalue weighted by Gasteiger charge is 2.23. The Bertz CT molecular complexity index is 476. The fourth-order valence-corrected chi connectivity index (χ4v) is 2.56. The lowest BCUT2D eigenvalue weighted by atomic mass is 10.1. The van der Waals surface area contributed by atoms with E-state index >= 15 is 0 Å². The molecule has 0 radical (unpaired) electrons. The van der Waals surface area contributed by atoms with Crippen molar-refractivity contribution in [1.82, 2.24) is 4.90 Å². The molecule has 3 N–H and O–H groups in total. The van der Waals surface area contributed by atoms with Gasteiger partial charge < -0.3 is 16.0 Å². The van der Waals surface area contributed by atoms with Crippen molar-refractivity contribution in [3.63, 3.8) is 0 Å². The molecular weight excluding hydrogens is 236 g/mol. The van der Waals surface area contributed by atoms with Crippen LogP contribution in [0.2, 0.25) is 0 Å². The first-order valence-corrected chi connectivity index (χ1v) is 6.87. The van der Waals surface area contributed by atoms with Crippen molar-refractivity contribution in [2.45, 2.75) is 26.3 Å². The van der Waals surface area contributed by atoms with Gasteiger partial charge in [0, 0.05) is 24.8 Å². The molecule has 0 aromatic heterocycles. The highest BCUT2D eigenvalue weighted by molar-refractivity contribution is 5.62. The van der Waals surface area contributed by atoms with Crippen molar-refractivity contribution in [3.05, 3.63) is 23.8 Å². The van der Waals surface area contributed by atoms with E-state index in [0.717, 1.165) is 18.8 Å². The van der Waals surface area contributed by atoms with Crippen molar-refractivity contribution in [1.29, 1.82) is 5.26 Å². The van der Waals surface area contributed by atoms with Gasteiger partial charge in [0.2, 0.25) is 0 Å². The Balaban J connectivity index is 1.92. The molecule has 1 aliphatic rings. The summed E-state index contributed by atoms with van der Waals surface area (Å²) in [7, 11) is 0. The van der Waals surface area contributed by atoms with Crippen molar-refractivity contribution in [2.24, 2.45) is 5.92 Å². The number of nitriles is 1. The van der Waals surface area contributed by atoms with Crippen LogP contribution in [0.25, 0.3) is 0 Å². The third kappa shape index (κ3) is 3.39. The third-order valence-corrected chi connectivity index (χ3v) is 3.79. The van der Waals surface area contributed by atoms with Crippen LogP contribution < -0.4 is 11.1 Å². The van der Waals surface area contributed by atoms with Crippen LogP contribution in [0.4, 0.5) is 11.4 Å². The molecule has 2 rings (SSSR count). The van der Waals surface area contributed by atoms with Crippen molar-refractivity contribution in [2.75, 3.05) is 30.7 Å². The Morgan fingerprint density at radius 1 is 1.53 bits per heavy atom. The molecule has 0 saturated carbocycles. The maximum atomic E-state index is 9.10. The summed E-state index contributed by atoms with van der Waals surface area (Å²) in [5.74, 6) is 0.659. The lowest BCUT2D eigenvalue weighted by Gasteiger charge is -2.20. The number of nitrogens with zero attached hydrogens (tertiary/aromatic N) is 2. The van der Waals surface area contributed by atoms with E-state index in [2.05, 4.69) is 30.1 Å². The minimum atomic E-state index is 0.621. The molecule has 0 spiro atoms. The smallest absolute Gasteiger partial charge is 0.101 e. The fraction of sp³-hybridized carbons (Fsp3) is 0.533. The second-order valence-corrected chi connectivity index (χ2v) is 5.54. The second kappa shape index (κ2) is 5.94. The first kappa shape index (κ1) is 13.7. The Kier molecular flexibility index (Phi) is 4.28. The maximum Gasteiger partial charge on any atom is 0.101 e. The van der Waals surface area contributed by atoms with Gasteiger partial charge in [-0.3, -0.25) is 0 Å². The third-order valence-electron chi connectivity index (χ3n) is 3.79. The first-order valence-electron chi connectivity index (χ1n) is 6.87. The Morgan fingerprint density at radius 2 is 2.32 bits per heavy atom. The standard InChI is InChI=1S/C15H22N4/c1-11(2)19-6-5-12(10-19)9-18-15-4-3-14(17)7-13(15)8-16/h3-4,7,11-12,18H,5-6,9-10,17H2,1-2H3. The van der Waals surface area contributed by atoms with Crippen molar-refractivity contribution >= 4 is 11.4 Å². The zero-order valence-electron chi connectivity index (χ0n) is 11.7. The minimum absolute atomic E-state index is 0.621. The van der Waals surface area contributed by atoms with E-state index in [0.29, 0.717) is 23.2 Å². The molecular formula is C15H22N4. The quantitative estimate of drug-likeness (QED) is 0.813. The van der Waals surface area contributed by atoms with Gasteiger partial charge in [0.25, 0.3) is 0 Å². The number of nitrogen functional groups attached to an aromatic ring is 1. The number of nitrogens with two attached hydrogens (primary N) is 1. The van der Waals surface area contributed by atoms with E-state index < -0.39 is 0 Å². The molecule has 1 aromatic rings. The Labute approximate surface area is 115 Å². The molecule has 1 fully saturated rings. The van der Waals surface area contributed by atoms with E-state index in [-0.39, 0.29) is 0 Å². The summed E-state index contributed by atoms with van der Waals surface area (Å²) < 4.78 is 0. The molecule has 1 heterocycles. The van der Waals surface area contributed by atoms with Crippen molar-refractivity contribution in [3.8, 4) is 6.07 Å². The van der Waals surface area contributed by atoms with Gasteiger partial charge >= 0.3 is 0 Å². The molecule has 1 atom stereocenters. The predicted molar refractivity (Wildman–Crippen MR) is 78.9 cm³/mol. The number of nitrogens with one attached hydrogen (secondary N) is 1. The molecule has 4 nitrogen and oxygen atoms in total. The average molecular weight is 258 g/mol. The molecule has 1 aliphatic heterocycles. The lowest BCUT2D eigenvalue weighted by molar-refractivity contribution is 0.266. The van der Waals surface area contributed by atoms with Crippen LogP contribution in [0, 0.1) is 17.2 Å². The number of anilines is 2. The number of likely N-dealkylation sites (tertiary alicyclic amines) is 1. The molecule has 1 aromatic carbocycles. The zero-order valence-corrected chi connectivity index (χ0v) is 11.7. The maximum absolute atomic E-state index is 9.10. The van der Waals surface area contributed by atoms with Crippen LogP contribution in [-0.2, 0) is 0 Å². The number of hydrogen-bond acceptors (Lipinski definition) is 4. The Hall–Kier alpha value is -1.73. The van der Waals surface area contributed by atoms with Gasteiger partial charge in [-0.2, -0.15) is 5.26 Å². The highest BCUT2D eigenvalue weighted by Crippen LogP contribution is 2.22. The topological polar surface area (TPSA) is 65.1 Å². The van der Waals surface area contributed by atoms with Gasteiger partial charge in [0.05, 0.1) is 11.3 Å². The van der Waals surface area contributed by atoms with Gasteiger partial charge in [-0.1, -0.05) is 0 Å². The number of hydrogen-bond donors (Lipinski definition) is 2. The monoisotopic (exact) mass is 258 g/mol. The van der Waals surface area contributed by atoms with Crippen LogP contribution in [0.5, 0.6) is 0 Å². The molecule has 102 valence electrons. The molecule has 1 unspecified atom stereocenters. The molecule has 0 amide bonds. The van der Waals surface area contributed by atoms with E-state index in [9.17, 15) is 0 Å². The van der Waals surface area contributed by atoms with Gasteiger partial charge in [-0.25, -0.2) is 0 Å². The summed E-state index contributed by atoms with van der Waals surface area (Å²) in [6, 6.07) is 8.25. The van der Waals surface area contributed by atoms with Crippen LogP contribution in [0.15, 0.2) is 18.2 Å². The fourth-order valence-electron chi connectivity index (χ4n) is 2.56. The summed E-state index contributed by atoms with van der Waals surface area (Å²) >= 11 is 0. The first-order chi connectivity index (χ1) is 9.10. The molecule has 1 saturated heterocycles. The molecule has 0 aliphatic carbocycles. The van der Waals surface area contributed by atoms with E-state index in [1.807, 2.05) is 12.1 Å². The Morgan fingerprint density at radius 3 is 2.95 bits per heavy atom. The summed E-state index contributed by atoms with van der Waals surface area (Å²) in [6.07, 6.45) is 1.22. The van der Waals surface area contributed by atoms with Crippen LogP contribution in [-0.4, -0.2) is 30.6 Å². The van der Waals surface area contributed by atoms with E-state index in [4.69, 9.17) is 11.0 Å². The van der Waals surface area contributed by atoms with Crippen LogP contribution in [0.1, 0.15) is 25.8 Å². The lowest BCUT2D eigenvalue weighted by Crippen LogP contribution is -2.29. The molecule has 19 heavy (non-hydrogen) atoms. The summed E-state index contributed by atoms with van der Waals surface area (Å²) in [4.78, 5) is 2.50. The normalized spacial score (nSPS) is 19.6. The predicted octanol–water partition coefficient (Wildman–Crippen LogP) is 2.28. The summed E-state index contributed by atoms with van der Waals surface area (Å²) in [5, 5.41) is 12.5. The average Bonchev–Trinajstić information content (AvgIpc) is 2.86. The van der Waals surface area contributed by atoms with E-state index in [1.54, 1.807) is 6.07 Å². The highest BCUT2D eigenvalue weighted by atomic mass is 15.2. The minimum Gasteiger partial charge on any atom is -0.399 e. The van der Waals surface area contributed by atoms with Crippen LogP contribution >= 0.6 is 0 Å². The van der Waals surface area contributed by atoms with Gasteiger partial charge in [0.15, 0.2) is 0 Å². The largest absolute Gasteiger partial charge is 0.399 e. The number of benzene rings is 1. The van der Waals surface area contributed by atoms with Gasteiger partial charge in [0.1, 0.15) is 6.07 Å².